The van der Waals surface area contributed by atoms with Crippen LogP contribution in [0.1, 0.15) is 27.7 Å². The summed E-state index contributed by atoms with van der Waals surface area (Å²) in [6.45, 7) is 21.5. The van der Waals surface area contributed by atoms with Crippen LogP contribution in [0.5, 0.6) is 0 Å². The van der Waals surface area contributed by atoms with Crippen LogP contribution < -0.4 is 0 Å². The van der Waals surface area contributed by atoms with Crippen molar-refractivity contribution >= 4 is 0 Å². The molecule has 0 aromatic heterocycles. The van der Waals surface area contributed by atoms with E-state index in [-0.39, 0.29) is 16.2 Å². The molecule has 0 aromatic carbocycles. The van der Waals surface area contributed by atoms with Crippen molar-refractivity contribution in [1.29, 1.82) is 0 Å². The minimum Gasteiger partial charge on any atom is -0.324 e. The van der Waals surface area contributed by atoms with Crippen LogP contribution in [0.4, 0.5) is 0 Å². The lowest BCUT2D eigenvalue weighted by Gasteiger charge is -2.42. The molecule has 0 aliphatic heterocycles. The van der Waals surface area contributed by atoms with Gasteiger partial charge in [0.15, 0.2) is 0 Å². The van der Waals surface area contributed by atoms with Crippen LogP contribution in [0, 0.1) is 16.2 Å². The van der Waals surface area contributed by atoms with Gasteiger partial charge < -0.3 is 8.97 Å². The summed E-state index contributed by atoms with van der Waals surface area (Å²) in [6, 6.07) is 0. The van der Waals surface area contributed by atoms with Gasteiger partial charge in [-0.1, -0.05) is 72.9 Å². The minimum absolute atomic E-state index is 0.0599. The number of allylic oxidation sites excluding steroid dienone is 10. The molecule has 0 saturated carbocycles. The van der Waals surface area contributed by atoms with Crippen LogP contribution in [0.15, 0.2) is 97.2 Å². The Morgan fingerprint density at radius 1 is 0.727 bits per heavy atom. The summed E-state index contributed by atoms with van der Waals surface area (Å²) in [5, 5.41) is 0. The maximum absolute atomic E-state index is 3.99. The van der Waals surface area contributed by atoms with Crippen LogP contribution >= 0.6 is 0 Å². The third kappa shape index (κ3) is 8.61. The van der Waals surface area contributed by atoms with Crippen molar-refractivity contribution in [3.05, 3.63) is 97.2 Å². The minimum atomic E-state index is -0.0599. The van der Waals surface area contributed by atoms with Gasteiger partial charge in [-0.2, -0.15) is 0 Å². The van der Waals surface area contributed by atoms with Gasteiger partial charge in [0.1, 0.15) is 13.1 Å². The van der Waals surface area contributed by atoms with Crippen LogP contribution in [-0.2, 0) is 0 Å². The van der Waals surface area contributed by atoms with Crippen molar-refractivity contribution in [2.45, 2.75) is 27.7 Å². The summed E-state index contributed by atoms with van der Waals surface area (Å²) in [7, 11) is 9.43. The third-order valence-corrected chi connectivity index (χ3v) is 6.66. The highest BCUT2D eigenvalue weighted by Crippen LogP contribution is 2.29. The number of likely N-dealkylation sites (N-methyl/N-ethyl adjacent to an activating group) is 2. The smallest absolute Gasteiger partial charge is 0.104 e. The highest BCUT2D eigenvalue weighted by Gasteiger charge is 2.35. The van der Waals surface area contributed by atoms with Crippen molar-refractivity contribution in [2.75, 3.05) is 54.4 Å². The highest BCUT2D eigenvalue weighted by atomic mass is 15.3. The van der Waals surface area contributed by atoms with Crippen LogP contribution in [-0.4, -0.2) is 63.3 Å². The first-order chi connectivity index (χ1) is 15.1. The topological polar surface area (TPSA) is 0 Å². The summed E-state index contributed by atoms with van der Waals surface area (Å²) in [5.74, 6) is 0. The van der Waals surface area contributed by atoms with Crippen molar-refractivity contribution in [3.63, 3.8) is 0 Å². The molecule has 0 fully saturated rings. The molecule has 0 saturated heterocycles. The normalized spacial score (nSPS) is 25.8. The molecule has 2 aliphatic rings. The molecule has 0 aromatic rings. The van der Waals surface area contributed by atoms with E-state index < -0.39 is 0 Å². The first-order valence-corrected chi connectivity index (χ1v) is 12.2. The lowest BCUT2D eigenvalue weighted by Crippen LogP contribution is -2.54. The number of nitrogens with zero attached hydrogens (tertiary/aromatic N) is 2. The molecule has 0 spiro atoms. The predicted octanol–water partition coefficient (Wildman–Crippen LogP) is 6.65. The zero-order valence-electron chi connectivity index (χ0n) is 22.6. The molecule has 2 unspecified atom stereocenters. The van der Waals surface area contributed by atoms with Crippen molar-refractivity contribution in [2.24, 2.45) is 16.2 Å². The molecule has 0 N–H and O–H groups in total. The van der Waals surface area contributed by atoms with Gasteiger partial charge in [0, 0.05) is 22.0 Å². The van der Waals surface area contributed by atoms with Gasteiger partial charge in [0.05, 0.1) is 46.7 Å². The largest absolute Gasteiger partial charge is 0.324 e. The molecule has 0 heterocycles. The first kappa shape index (κ1) is 27.1. The van der Waals surface area contributed by atoms with Gasteiger partial charge in [0.25, 0.3) is 0 Å². The van der Waals surface area contributed by atoms with Gasteiger partial charge in [-0.3, -0.25) is 0 Å². The zero-order valence-corrected chi connectivity index (χ0v) is 22.6. The number of quaternary nitrogens is 2. The molecule has 2 heteroatoms. The summed E-state index contributed by atoms with van der Waals surface area (Å²) < 4.78 is 1.93. The molecule has 0 amide bonds. The van der Waals surface area contributed by atoms with Crippen molar-refractivity contribution < 1.29 is 8.97 Å². The number of hydrogen-bond donors (Lipinski definition) is 0. The second-order valence-corrected chi connectivity index (χ2v) is 12.7. The van der Waals surface area contributed by atoms with E-state index in [0.717, 1.165) is 35.1 Å². The molecule has 0 bridgehead atoms. The van der Waals surface area contributed by atoms with E-state index in [9.17, 15) is 0 Å². The van der Waals surface area contributed by atoms with E-state index in [4.69, 9.17) is 0 Å². The molecule has 33 heavy (non-hydrogen) atoms. The second kappa shape index (κ2) is 9.99. The van der Waals surface area contributed by atoms with Crippen LogP contribution in [0.25, 0.3) is 0 Å². The second-order valence-electron chi connectivity index (χ2n) is 12.7. The molecule has 2 nitrogen and oxygen atoms in total. The Hall–Kier alpha value is -2.16. The standard InChI is InChI=1S/C31H48N2/c1-11-30(5)19-13-15-27(17-21-30)23-32(7,8)25-29(3,4)26-33(9,10)24-28-16-14-20-31(6,12-2)22-18-28/h11-22H,1-2,23-26H2,3-10H3/q+2. The summed E-state index contributed by atoms with van der Waals surface area (Å²) in [6.07, 6.45) is 26.4. The van der Waals surface area contributed by atoms with Crippen LogP contribution in [0.3, 0.4) is 0 Å². The monoisotopic (exact) mass is 448 g/mol. The van der Waals surface area contributed by atoms with E-state index in [1.54, 1.807) is 0 Å². The highest BCUT2D eigenvalue weighted by molar-refractivity contribution is 5.35. The molecule has 2 atom stereocenters. The van der Waals surface area contributed by atoms with Gasteiger partial charge in [-0.15, -0.1) is 13.2 Å². The maximum atomic E-state index is 3.99. The average Bonchev–Trinajstić information content (AvgIpc) is 2.96. The predicted molar refractivity (Wildman–Crippen MR) is 147 cm³/mol. The molecule has 180 valence electrons. The maximum Gasteiger partial charge on any atom is 0.104 e. The Morgan fingerprint density at radius 3 is 1.42 bits per heavy atom. The van der Waals surface area contributed by atoms with E-state index in [1.165, 1.54) is 11.1 Å². The summed E-state index contributed by atoms with van der Waals surface area (Å²) >= 11 is 0. The SMILES string of the molecule is C=CC1(C)C=CC=C(C[N+](C)(C)CC(C)(C)C[N+](C)(C)CC2=CC=CC(C)(C=C)C=C2)C=C1. The van der Waals surface area contributed by atoms with E-state index >= 15 is 0 Å². The number of rotatable bonds is 10. The fourth-order valence-corrected chi connectivity index (χ4v) is 5.50. The fraction of sp³-hybridized carbons (Fsp3) is 0.484. The molecule has 2 rings (SSSR count). The van der Waals surface area contributed by atoms with Gasteiger partial charge in [-0.25, -0.2) is 0 Å². The summed E-state index contributed by atoms with van der Waals surface area (Å²) in [4.78, 5) is 0. The Morgan fingerprint density at radius 2 is 1.09 bits per heavy atom. The van der Waals surface area contributed by atoms with E-state index in [2.05, 4.69) is 130 Å². The van der Waals surface area contributed by atoms with Gasteiger partial charge in [-0.05, 0) is 27.7 Å². The van der Waals surface area contributed by atoms with Gasteiger partial charge >= 0.3 is 0 Å². The Bertz CT molecular complexity index is 843. The van der Waals surface area contributed by atoms with Crippen molar-refractivity contribution in [1.82, 2.24) is 0 Å². The van der Waals surface area contributed by atoms with E-state index in [0.29, 0.717) is 0 Å². The lowest BCUT2D eigenvalue weighted by molar-refractivity contribution is -0.915. The molecular weight excluding hydrogens is 400 g/mol. The average molecular weight is 449 g/mol. The lowest BCUT2D eigenvalue weighted by atomic mass is 9.89. The van der Waals surface area contributed by atoms with Gasteiger partial charge in [0.2, 0.25) is 0 Å². The Labute approximate surface area is 204 Å². The van der Waals surface area contributed by atoms with Crippen molar-refractivity contribution in [3.8, 4) is 0 Å². The molecule has 2 aliphatic carbocycles. The third-order valence-electron chi connectivity index (χ3n) is 6.66. The fourth-order valence-electron chi connectivity index (χ4n) is 5.50. The van der Waals surface area contributed by atoms with Crippen LogP contribution in [0.2, 0.25) is 0 Å². The Balaban J connectivity index is 2.04. The van der Waals surface area contributed by atoms with E-state index in [1.807, 2.05) is 12.2 Å². The summed E-state index contributed by atoms with van der Waals surface area (Å²) in [5.41, 5.74) is 2.83. The quantitative estimate of drug-likeness (QED) is 0.259. The molecule has 0 radical (unpaired) electrons. The zero-order chi connectivity index (χ0) is 25.0. The molecular formula is C31H48N2+2. The Kier molecular flexibility index (Phi) is 8.20. The number of hydrogen-bond acceptors (Lipinski definition) is 0. The first-order valence-electron chi connectivity index (χ1n) is 12.2.